The van der Waals surface area contributed by atoms with Crippen molar-refractivity contribution >= 4 is 21.9 Å². The van der Waals surface area contributed by atoms with Crippen LogP contribution in [0.5, 0.6) is 5.75 Å². The number of benzene rings is 1. The van der Waals surface area contributed by atoms with Crippen LogP contribution in [0.15, 0.2) is 28.7 Å². The van der Waals surface area contributed by atoms with Crippen LogP contribution in [-0.2, 0) is 4.79 Å². The van der Waals surface area contributed by atoms with Crippen molar-refractivity contribution in [2.45, 2.75) is 12.8 Å². The van der Waals surface area contributed by atoms with Gasteiger partial charge in [-0.1, -0.05) is 15.9 Å². The molecule has 0 spiro atoms. The van der Waals surface area contributed by atoms with E-state index in [1.54, 1.807) is 12.1 Å². The van der Waals surface area contributed by atoms with Gasteiger partial charge in [-0.15, -0.1) is 0 Å². The summed E-state index contributed by atoms with van der Waals surface area (Å²) in [6, 6.07) is 7.31. The van der Waals surface area contributed by atoms with Crippen LogP contribution in [0, 0.1) is 5.92 Å². The van der Waals surface area contributed by atoms with E-state index >= 15 is 0 Å². The van der Waals surface area contributed by atoms with Crippen molar-refractivity contribution < 1.29 is 9.53 Å². The maximum atomic E-state index is 11.8. The third-order valence-electron chi connectivity index (χ3n) is 2.66. The molecule has 0 aromatic heterocycles. The van der Waals surface area contributed by atoms with Crippen LogP contribution in [0.4, 0.5) is 0 Å². The maximum Gasteiger partial charge on any atom is 0.315 e. The summed E-state index contributed by atoms with van der Waals surface area (Å²) in [5.74, 6) is 0.477. The van der Waals surface area contributed by atoms with E-state index in [1.165, 1.54) is 0 Å². The van der Waals surface area contributed by atoms with Gasteiger partial charge in [0.1, 0.15) is 5.75 Å². The Morgan fingerprint density at radius 2 is 2.12 bits per heavy atom. The van der Waals surface area contributed by atoms with E-state index in [0.717, 1.165) is 30.4 Å². The van der Waals surface area contributed by atoms with Crippen LogP contribution in [-0.4, -0.2) is 19.1 Å². The van der Waals surface area contributed by atoms with Gasteiger partial charge in [-0.3, -0.25) is 4.79 Å². The molecule has 0 saturated carbocycles. The molecule has 1 heterocycles. The highest BCUT2D eigenvalue weighted by Gasteiger charge is 2.22. The van der Waals surface area contributed by atoms with E-state index in [2.05, 4.69) is 21.2 Å². The van der Waals surface area contributed by atoms with Crippen LogP contribution in [0.3, 0.4) is 0 Å². The number of carbonyl (C=O) groups excluding carboxylic acids is 1. The van der Waals surface area contributed by atoms with Crippen molar-refractivity contribution in [1.82, 2.24) is 5.32 Å². The van der Waals surface area contributed by atoms with Crippen molar-refractivity contribution in [2.24, 2.45) is 5.92 Å². The molecule has 0 radical (unpaired) electrons. The topological polar surface area (TPSA) is 38.3 Å². The number of ether oxygens (including phenoxy) is 1. The second kappa shape index (κ2) is 5.46. The van der Waals surface area contributed by atoms with Gasteiger partial charge in [0.05, 0.1) is 5.92 Å². The van der Waals surface area contributed by atoms with Crippen LogP contribution in [0.2, 0.25) is 0 Å². The smallest absolute Gasteiger partial charge is 0.315 e. The highest BCUT2D eigenvalue weighted by Crippen LogP contribution is 2.19. The van der Waals surface area contributed by atoms with Gasteiger partial charge in [0.25, 0.3) is 0 Å². The number of halogens is 1. The molecule has 16 heavy (non-hydrogen) atoms. The van der Waals surface area contributed by atoms with E-state index in [1.807, 2.05) is 12.1 Å². The quantitative estimate of drug-likeness (QED) is 0.669. The molecule has 1 unspecified atom stereocenters. The zero-order valence-corrected chi connectivity index (χ0v) is 10.5. The normalized spacial score (nSPS) is 20.4. The molecule has 0 bridgehead atoms. The van der Waals surface area contributed by atoms with E-state index in [-0.39, 0.29) is 11.9 Å². The Morgan fingerprint density at radius 1 is 1.38 bits per heavy atom. The number of rotatable bonds is 2. The summed E-state index contributed by atoms with van der Waals surface area (Å²) >= 11 is 3.34. The lowest BCUT2D eigenvalue weighted by atomic mass is 10.0. The fraction of sp³-hybridized carbons (Fsp3) is 0.417. The molecule has 0 amide bonds. The summed E-state index contributed by atoms with van der Waals surface area (Å²) in [4.78, 5) is 11.8. The maximum absolute atomic E-state index is 11.8. The molecule has 1 fully saturated rings. The van der Waals surface area contributed by atoms with Crippen LogP contribution >= 0.6 is 15.9 Å². The van der Waals surface area contributed by atoms with Crippen molar-refractivity contribution in [2.75, 3.05) is 13.1 Å². The molecular weight excluding hydrogens is 270 g/mol. The Hall–Kier alpha value is -0.870. The number of piperidine rings is 1. The van der Waals surface area contributed by atoms with Gasteiger partial charge in [0.2, 0.25) is 0 Å². The van der Waals surface area contributed by atoms with Gasteiger partial charge in [0, 0.05) is 11.0 Å². The Labute approximate surface area is 103 Å². The largest absolute Gasteiger partial charge is 0.426 e. The SMILES string of the molecule is O=C(Oc1ccc(Br)cc1)C1CCCNC1. The fourth-order valence-corrected chi connectivity index (χ4v) is 2.02. The Kier molecular flexibility index (Phi) is 3.96. The predicted octanol–water partition coefficient (Wildman–Crippen LogP) is 2.35. The molecular formula is C12H14BrNO2. The monoisotopic (exact) mass is 283 g/mol. The summed E-state index contributed by atoms with van der Waals surface area (Å²) in [5, 5.41) is 3.20. The second-order valence-corrected chi connectivity index (χ2v) is 4.83. The molecule has 0 aliphatic carbocycles. The average Bonchev–Trinajstić information content (AvgIpc) is 2.33. The highest BCUT2D eigenvalue weighted by molar-refractivity contribution is 9.10. The van der Waals surface area contributed by atoms with Gasteiger partial charge >= 0.3 is 5.97 Å². The predicted molar refractivity (Wildman–Crippen MR) is 65.4 cm³/mol. The molecule has 3 nitrogen and oxygen atoms in total. The minimum absolute atomic E-state index is 0.00241. The number of hydrogen-bond acceptors (Lipinski definition) is 3. The standard InChI is InChI=1S/C12H14BrNO2/c13-10-3-5-11(6-4-10)16-12(15)9-2-1-7-14-8-9/h3-6,9,14H,1-2,7-8H2. The van der Waals surface area contributed by atoms with Crippen molar-refractivity contribution in [3.05, 3.63) is 28.7 Å². The highest BCUT2D eigenvalue weighted by atomic mass is 79.9. The van der Waals surface area contributed by atoms with Gasteiger partial charge < -0.3 is 10.1 Å². The van der Waals surface area contributed by atoms with Crippen LogP contribution < -0.4 is 10.1 Å². The molecule has 1 aliphatic heterocycles. The number of carbonyl (C=O) groups is 1. The first kappa shape index (κ1) is 11.6. The summed E-state index contributed by atoms with van der Waals surface area (Å²) in [5.41, 5.74) is 0. The minimum Gasteiger partial charge on any atom is -0.426 e. The number of hydrogen-bond donors (Lipinski definition) is 1. The average molecular weight is 284 g/mol. The fourth-order valence-electron chi connectivity index (χ4n) is 1.76. The minimum atomic E-state index is -0.130. The zero-order chi connectivity index (χ0) is 11.4. The molecule has 4 heteroatoms. The van der Waals surface area contributed by atoms with Gasteiger partial charge in [-0.25, -0.2) is 0 Å². The molecule has 1 atom stereocenters. The summed E-state index contributed by atoms with van der Waals surface area (Å²) in [7, 11) is 0. The third-order valence-corrected chi connectivity index (χ3v) is 3.19. The van der Waals surface area contributed by atoms with E-state index in [0.29, 0.717) is 5.75 Å². The van der Waals surface area contributed by atoms with Crippen LogP contribution in [0.25, 0.3) is 0 Å². The molecule has 2 rings (SSSR count). The van der Waals surface area contributed by atoms with Gasteiger partial charge in [-0.2, -0.15) is 0 Å². The molecule has 86 valence electrons. The van der Waals surface area contributed by atoms with Crippen LogP contribution in [0.1, 0.15) is 12.8 Å². The van der Waals surface area contributed by atoms with Crippen molar-refractivity contribution in [3.63, 3.8) is 0 Å². The molecule has 1 aliphatic rings. The second-order valence-electron chi connectivity index (χ2n) is 3.92. The summed E-state index contributed by atoms with van der Waals surface area (Å²) in [6.07, 6.45) is 1.96. The lowest BCUT2D eigenvalue weighted by Crippen LogP contribution is -2.36. The zero-order valence-electron chi connectivity index (χ0n) is 8.91. The Morgan fingerprint density at radius 3 is 2.75 bits per heavy atom. The first-order valence-corrected chi connectivity index (χ1v) is 6.23. The third kappa shape index (κ3) is 3.06. The van der Waals surface area contributed by atoms with Gasteiger partial charge in [0.15, 0.2) is 0 Å². The molecule has 1 aromatic rings. The van der Waals surface area contributed by atoms with Crippen molar-refractivity contribution in [1.29, 1.82) is 0 Å². The number of esters is 1. The Bertz CT molecular complexity index is 358. The summed E-state index contributed by atoms with van der Waals surface area (Å²) < 4.78 is 6.29. The molecule has 1 saturated heterocycles. The van der Waals surface area contributed by atoms with E-state index in [4.69, 9.17) is 4.74 Å². The van der Waals surface area contributed by atoms with E-state index in [9.17, 15) is 4.79 Å². The van der Waals surface area contributed by atoms with Gasteiger partial charge in [-0.05, 0) is 43.7 Å². The Balaban J connectivity index is 1.93. The summed E-state index contributed by atoms with van der Waals surface area (Å²) in [6.45, 7) is 1.73. The molecule has 1 aromatic carbocycles. The van der Waals surface area contributed by atoms with Crippen molar-refractivity contribution in [3.8, 4) is 5.75 Å². The lowest BCUT2D eigenvalue weighted by Gasteiger charge is -2.20. The molecule has 1 N–H and O–H groups in total. The van der Waals surface area contributed by atoms with E-state index < -0.39 is 0 Å². The number of nitrogens with one attached hydrogen (secondary N) is 1. The lowest BCUT2D eigenvalue weighted by molar-refractivity contribution is -0.139. The first-order valence-electron chi connectivity index (χ1n) is 5.44. The first-order chi connectivity index (χ1) is 7.75.